The van der Waals surface area contributed by atoms with E-state index >= 15 is 0 Å². The van der Waals surface area contributed by atoms with E-state index in [1.807, 2.05) is 24.3 Å². The van der Waals surface area contributed by atoms with E-state index < -0.39 is 4.92 Å². The summed E-state index contributed by atoms with van der Waals surface area (Å²) in [5, 5.41) is 11.6. The molecule has 3 rings (SSSR count). The number of benzene rings is 2. The van der Waals surface area contributed by atoms with Crippen molar-refractivity contribution in [2.75, 3.05) is 18.1 Å². The van der Waals surface area contributed by atoms with Crippen molar-refractivity contribution in [3.63, 3.8) is 0 Å². The third-order valence-electron chi connectivity index (χ3n) is 4.21. The second-order valence-corrected chi connectivity index (χ2v) is 7.60. The van der Waals surface area contributed by atoms with Crippen molar-refractivity contribution in [2.45, 2.75) is 23.5 Å². The number of ether oxygens (including phenoxy) is 1. The van der Waals surface area contributed by atoms with E-state index in [9.17, 15) is 19.7 Å². The first-order valence-corrected chi connectivity index (χ1v) is 9.30. The Balaban J connectivity index is 1.79. The Morgan fingerprint density at radius 1 is 1.37 bits per heavy atom. The predicted octanol–water partition coefficient (Wildman–Crippen LogP) is 3.70. The Labute approximate surface area is 160 Å². The van der Waals surface area contributed by atoms with Crippen LogP contribution in [0.1, 0.15) is 23.7 Å². The molecule has 7 nitrogen and oxygen atoms in total. The molecule has 0 aliphatic carbocycles. The van der Waals surface area contributed by atoms with Gasteiger partial charge in [0, 0.05) is 28.3 Å². The molecule has 0 unspecified atom stereocenters. The van der Waals surface area contributed by atoms with Gasteiger partial charge in [-0.1, -0.05) is 19.1 Å². The second-order valence-electron chi connectivity index (χ2n) is 6.12. The molecule has 1 aliphatic rings. The quantitative estimate of drug-likeness (QED) is 0.442. The van der Waals surface area contributed by atoms with Gasteiger partial charge in [0.1, 0.15) is 6.29 Å². The number of rotatable bonds is 5. The average molecular weight is 386 g/mol. The topological polar surface area (TPSA) is 89.8 Å². The molecule has 1 amide bonds. The number of anilines is 1. The number of carbonyl (C=O) groups is 2. The fourth-order valence-electron chi connectivity index (χ4n) is 2.84. The van der Waals surface area contributed by atoms with Crippen LogP contribution >= 0.6 is 11.8 Å². The summed E-state index contributed by atoms with van der Waals surface area (Å²) in [6, 6.07) is 11.6. The lowest BCUT2D eigenvalue weighted by atomic mass is 10.2. The lowest BCUT2D eigenvalue weighted by Gasteiger charge is -2.22. The number of amides is 1. The molecule has 2 aromatic carbocycles. The molecule has 0 spiro atoms. The summed E-state index contributed by atoms with van der Waals surface area (Å²) in [5.41, 5.74) is 0.659. The molecule has 1 heterocycles. The fourth-order valence-corrected chi connectivity index (χ4v) is 3.95. The number of aldehydes is 1. The van der Waals surface area contributed by atoms with Crippen LogP contribution in [-0.4, -0.2) is 35.5 Å². The number of carbonyl (C=O) groups excluding carboxylic acids is 2. The second kappa shape index (κ2) is 8.22. The predicted molar refractivity (Wildman–Crippen MR) is 103 cm³/mol. The van der Waals surface area contributed by atoms with Crippen LogP contribution in [0.3, 0.4) is 0 Å². The van der Waals surface area contributed by atoms with Gasteiger partial charge >= 0.3 is 5.69 Å². The van der Waals surface area contributed by atoms with Gasteiger partial charge in [-0.15, -0.1) is 11.8 Å². The number of nitro benzene ring substituents is 1. The molecular formula is C19H18N2O5S. The van der Waals surface area contributed by atoms with Gasteiger partial charge in [0.05, 0.1) is 10.6 Å². The SMILES string of the molecule is C[C@@H]1CCN(C(=O)COc2ccc(C=O)cc2[N+](=O)[O-])c2ccccc2S1. The van der Waals surface area contributed by atoms with Crippen LogP contribution in [0.25, 0.3) is 0 Å². The zero-order chi connectivity index (χ0) is 19.4. The van der Waals surface area contributed by atoms with Gasteiger partial charge in [-0.05, 0) is 30.7 Å². The maximum absolute atomic E-state index is 12.8. The highest BCUT2D eigenvalue weighted by molar-refractivity contribution is 8.00. The normalized spacial score (nSPS) is 16.2. The van der Waals surface area contributed by atoms with Crippen molar-refractivity contribution >= 4 is 35.3 Å². The zero-order valence-corrected chi connectivity index (χ0v) is 15.5. The molecule has 2 aromatic rings. The van der Waals surface area contributed by atoms with Gasteiger partial charge in [-0.2, -0.15) is 0 Å². The number of para-hydroxylation sites is 1. The van der Waals surface area contributed by atoms with Gasteiger partial charge in [-0.3, -0.25) is 19.7 Å². The van der Waals surface area contributed by atoms with E-state index in [4.69, 9.17) is 4.74 Å². The van der Waals surface area contributed by atoms with Gasteiger partial charge in [0.15, 0.2) is 12.4 Å². The molecule has 0 N–H and O–H groups in total. The van der Waals surface area contributed by atoms with Crippen LogP contribution < -0.4 is 9.64 Å². The smallest absolute Gasteiger partial charge is 0.311 e. The third kappa shape index (κ3) is 4.28. The lowest BCUT2D eigenvalue weighted by molar-refractivity contribution is -0.385. The molecule has 0 saturated heterocycles. The van der Waals surface area contributed by atoms with Crippen molar-refractivity contribution in [1.29, 1.82) is 0 Å². The molecule has 0 fully saturated rings. The van der Waals surface area contributed by atoms with Crippen LogP contribution in [0.4, 0.5) is 11.4 Å². The molecular weight excluding hydrogens is 368 g/mol. The number of thioether (sulfide) groups is 1. The molecule has 0 bridgehead atoms. The standard InChI is InChI=1S/C19H18N2O5S/c1-13-8-9-20(15-4-2-3-5-18(15)27-13)19(23)12-26-17-7-6-14(11-22)10-16(17)21(24)25/h2-7,10-11,13H,8-9,12H2,1H3/t13-/m1/s1. The van der Waals surface area contributed by atoms with E-state index in [-0.39, 0.29) is 29.5 Å². The van der Waals surface area contributed by atoms with E-state index in [0.29, 0.717) is 18.1 Å². The Morgan fingerprint density at radius 2 is 2.15 bits per heavy atom. The zero-order valence-electron chi connectivity index (χ0n) is 14.7. The summed E-state index contributed by atoms with van der Waals surface area (Å²) in [4.78, 5) is 36.8. The minimum atomic E-state index is -0.633. The minimum Gasteiger partial charge on any atom is -0.477 e. The van der Waals surface area contributed by atoms with Crippen molar-refractivity contribution < 1.29 is 19.2 Å². The van der Waals surface area contributed by atoms with E-state index in [0.717, 1.165) is 23.1 Å². The van der Waals surface area contributed by atoms with Crippen LogP contribution in [0.2, 0.25) is 0 Å². The summed E-state index contributed by atoms with van der Waals surface area (Å²) < 4.78 is 5.44. The van der Waals surface area contributed by atoms with E-state index in [1.165, 1.54) is 12.1 Å². The van der Waals surface area contributed by atoms with Gasteiger partial charge in [0.25, 0.3) is 5.91 Å². The number of hydrogen-bond acceptors (Lipinski definition) is 6. The van der Waals surface area contributed by atoms with E-state index in [1.54, 1.807) is 16.7 Å². The summed E-state index contributed by atoms with van der Waals surface area (Å²) in [7, 11) is 0. The first-order chi connectivity index (χ1) is 13.0. The maximum Gasteiger partial charge on any atom is 0.311 e. The van der Waals surface area contributed by atoms with Crippen LogP contribution in [0, 0.1) is 10.1 Å². The van der Waals surface area contributed by atoms with Crippen molar-refractivity contribution in [3.8, 4) is 5.75 Å². The lowest BCUT2D eigenvalue weighted by Crippen LogP contribution is -2.36. The highest BCUT2D eigenvalue weighted by Crippen LogP contribution is 2.37. The third-order valence-corrected chi connectivity index (χ3v) is 5.45. The molecule has 140 valence electrons. The van der Waals surface area contributed by atoms with E-state index in [2.05, 4.69) is 6.92 Å². The first-order valence-electron chi connectivity index (χ1n) is 8.42. The number of hydrogen-bond donors (Lipinski definition) is 0. The van der Waals surface area contributed by atoms with Gasteiger partial charge < -0.3 is 9.64 Å². The number of nitrogens with zero attached hydrogens (tertiary/aromatic N) is 2. The van der Waals surface area contributed by atoms with Gasteiger partial charge in [0.2, 0.25) is 0 Å². The van der Waals surface area contributed by atoms with Crippen molar-refractivity contribution in [1.82, 2.24) is 0 Å². The van der Waals surface area contributed by atoms with Crippen molar-refractivity contribution in [3.05, 3.63) is 58.1 Å². The Bertz CT molecular complexity index is 886. The molecule has 27 heavy (non-hydrogen) atoms. The van der Waals surface area contributed by atoms with Crippen LogP contribution in [-0.2, 0) is 4.79 Å². The molecule has 1 aliphatic heterocycles. The fraction of sp³-hybridized carbons (Fsp3) is 0.263. The summed E-state index contributed by atoms with van der Waals surface area (Å²) >= 11 is 1.72. The largest absolute Gasteiger partial charge is 0.477 e. The molecule has 0 aromatic heterocycles. The van der Waals surface area contributed by atoms with Crippen molar-refractivity contribution in [2.24, 2.45) is 0 Å². The Hall–Kier alpha value is -2.87. The summed E-state index contributed by atoms with van der Waals surface area (Å²) in [6.45, 7) is 2.35. The van der Waals surface area contributed by atoms with Crippen LogP contribution in [0.15, 0.2) is 47.4 Å². The highest BCUT2D eigenvalue weighted by Gasteiger charge is 2.25. The number of fused-ring (bicyclic) bond motifs is 1. The van der Waals surface area contributed by atoms with Crippen LogP contribution in [0.5, 0.6) is 5.75 Å². The molecule has 1 atom stereocenters. The molecule has 8 heteroatoms. The van der Waals surface area contributed by atoms with Gasteiger partial charge in [-0.25, -0.2) is 0 Å². The maximum atomic E-state index is 12.8. The average Bonchev–Trinajstić information content (AvgIpc) is 2.84. The first kappa shape index (κ1) is 18.9. The highest BCUT2D eigenvalue weighted by atomic mass is 32.2. The molecule has 0 radical (unpaired) electrons. The minimum absolute atomic E-state index is 0.0372. The summed E-state index contributed by atoms with van der Waals surface area (Å²) in [6.07, 6.45) is 1.36. The monoisotopic (exact) mass is 386 g/mol. The number of nitro groups is 1. The molecule has 0 saturated carbocycles. The summed E-state index contributed by atoms with van der Waals surface area (Å²) in [5.74, 6) is -0.310. The Kier molecular flexibility index (Phi) is 5.75. The Morgan fingerprint density at radius 3 is 2.89 bits per heavy atom.